The number of hydrogen-bond donors (Lipinski definition) is 2. The summed E-state index contributed by atoms with van der Waals surface area (Å²) in [7, 11) is 0. The van der Waals surface area contributed by atoms with E-state index in [2.05, 4.69) is 27.5 Å². The lowest BCUT2D eigenvalue weighted by Crippen LogP contribution is -2.27. The van der Waals surface area contributed by atoms with E-state index < -0.39 is 0 Å². The van der Waals surface area contributed by atoms with E-state index in [1.165, 1.54) is 12.3 Å². The maximum atomic E-state index is 13.6. The first kappa shape index (κ1) is 18.5. The third-order valence-corrected chi connectivity index (χ3v) is 4.17. The van der Waals surface area contributed by atoms with Crippen LogP contribution in [0.25, 0.3) is 0 Å². The summed E-state index contributed by atoms with van der Waals surface area (Å²) in [5.74, 6) is -0.229. The number of aryl methyl sites for hydroxylation is 1. The Labute approximate surface area is 157 Å². The highest BCUT2D eigenvalue weighted by Crippen LogP contribution is 2.19. The summed E-state index contributed by atoms with van der Waals surface area (Å²) in [5.41, 5.74) is 2.88. The van der Waals surface area contributed by atoms with Gasteiger partial charge >= 0.3 is 0 Å². The number of halogens is 1. The van der Waals surface area contributed by atoms with Gasteiger partial charge in [-0.15, -0.1) is 0 Å². The lowest BCUT2D eigenvalue weighted by molar-refractivity contribution is 0.0949. The molecule has 3 rings (SSSR count). The standard InChI is InChI=1S/C21H21FN4O/c1-2-15-7-4-6-10-18(15)25-21-24-14-12-19(26-21)20(27)23-13-11-16-8-3-5-9-17(16)22/h3-10,12,14H,2,11,13H2,1H3,(H,23,27)(H,24,25,26). The summed E-state index contributed by atoms with van der Waals surface area (Å²) < 4.78 is 13.6. The third kappa shape index (κ3) is 4.88. The second-order valence-electron chi connectivity index (χ2n) is 6.00. The highest BCUT2D eigenvalue weighted by Gasteiger charge is 2.10. The molecule has 5 nitrogen and oxygen atoms in total. The molecule has 6 heteroatoms. The van der Waals surface area contributed by atoms with Crippen molar-refractivity contribution in [1.29, 1.82) is 0 Å². The molecule has 0 aliphatic carbocycles. The van der Waals surface area contributed by atoms with Gasteiger partial charge in [0.2, 0.25) is 5.95 Å². The van der Waals surface area contributed by atoms with Gasteiger partial charge in [0.1, 0.15) is 11.5 Å². The summed E-state index contributed by atoms with van der Waals surface area (Å²) in [6, 6.07) is 16.0. The zero-order valence-electron chi connectivity index (χ0n) is 15.1. The van der Waals surface area contributed by atoms with Crippen LogP contribution in [0.1, 0.15) is 28.5 Å². The molecule has 0 unspecified atom stereocenters. The molecule has 0 atom stereocenters. The molecular formula is C21H21FN4O. The Bertz CT molecular complexity index is 929. The first-order chi connectivity index (χ1) is 13.2. The van der Waals surface area contributed by atoms with E-state index in [1.54, 1.807) is 24.3 Å². The molecule has 0 spiro atoms. The third-order valence-electron chi connectivity index (χ3n) is 4.17. The normalized spacial score (nSPS) is 10.4. The van der Waals surface area contributed by atoms with E-state index in [9.17, 15) is 9.18 Å². The Kier molecular flexibility index (Phi) is 6.10. The van der Waals surface area contributed by atoms with Crippen molar-refractivity contribution >= 4 is 17.5 Å². The molecule has 0 aliphatic rings. The van der Waals surface area contributed by atoms with E-state index in [-0.39, 0.29) is 17.4 Å². The van der Waals surface area contributed by atoms with Crippen molar-refractivity contribution in [1.82, 2.24) is 15.3 Å². The summed E-state index contributed by atoms with van der Waals surface area (Å²) >= 11 is 0. The Morgan fingerprint density at radius 3 is 2.56 bits per heavy atom. The zero-order chi connectivity index (χ0) is 19.1. The number of nitrogens with zero attached hydrogens (tertiary/aromatic N) is 2. The number of hydrogen-bond acceptors (Lipinski definition) is 4. The Morgan fingerprint density at radius 2 is 1.78 bits per heavy atom. The molecule has 0 saturated heterocycles. The number of anilines is 2. The van der Waals surface area contributed by atoms with Crippen molar-refractivity contribution in [3.8, 4) is 0 Å². The van der Waals surface area contributed by atoms with Crippen molar-refractivity contribution in [2.75, 3.05) is 11.9 Å². The minimum absolute atomic E-state index is 0.259. The van der Waals surface area contributed by atoms with Gasteiger partial charge in [-0.2, -0.15) is 0 Å². The molecule has 3 aromatic rings. The quantitative estimate of drug-likeness (QED) is 0.667. The first-order valence-electron chi connectivity index (χ1n) is 8.87. The van der Waals surface area contributed by atoms with Crippen molar-refractivity contribution in [3.05, 3.63) is 83.4 Å². The molecule has 27 heavy (non-hydrogen) atoms. The molecule has 0 saturated carbocycles. The second-order valence-corrected chi connectivity index (χ2v) is 6.00. The lowest BCUT2D eigenvalue weighted by atomic mass is 10.1. The summed E-state index contributed by atoms with van der Waals surface area (Å²) in [6.07, 6.45) is 2.83. The van der Waals surface area contributed by atoms with E-state index in [0.29, 0.717) is 24.5 Å². The summed E-state index contributed by atoms with van der Waals surface area (Å²) in [6.45, 7) is 2.39. The van der Waals surface area contributed by atoms with Gasteiger partial charge in [-0.05, 0) is 42.2 Å². The Morgan fingerprint density at radius 1 is 1.04 bits per heavy atom. The SMILES string of the molecule is CCc1ccccc1Nc1nccc(C(=O)NCCc2ccccc2F)n1. The van der Waals surface area contributed by atoms with Gasteiger partial charge < -0.3 is 10.6 Å². The Balaban J connectivity index is 1.62. The van der Waals surface area contributed by atoms with E-state index in [0.717, 1.165) is 17.7 Å². The van der Waals surface area contributed by atoms with Gasteiger partial charge in [0, 0.05) is 18.4 Å². The van der Waals surface area contributed by atoms with Crippen LogP contribution >= 0.6 is 0 Å². The van der Waals surface area contributed by atoms with Crippen LogP contribution in [-0.4, -0.2) is 22.4 Å². The fraction of sp³-hybridized carbons (Fsp3) is 0.190. The van der Waals surface area contributed by atoms with Gasteiger partial charge in [0.15, 0.2) is 0 Å². The van der Waals surface area contributed by atoms with Crippen LogP contribution in [0.5, 0.6) is 0 Å². The number of rotatable bonds is 7. The van der Waals surface area contributed by atoms with E-state index in [1.807, 2.05) is 24.3 Å². The van der Waals surface area contributed by atoms with Crippen molar-refractivity contribution in [2.24, 2.45) is 0 Å². The monoisotopic (exact) mass is 364 g/mol. The summed E-state index contributed by atoms with van der Waals surface area (Å²) in [5, 5.41) is 5.92. The van der Waals surface area contributed by atoms with Crippen molar-refractivity contribution in [2.45, 2.75) is 19.8 Å². The van der Waals surface area contributed by atoms with Crippen molar-refractivity contribution < 1.29 is 9.18 Å². The molecule has 1 heterocycles. The first-order valence-corrected chi connectivity index (χ1v) is 8.87. The Hall–Kier alpha value is -3.28. The minimum atomic E-state index is -0.319. The van der Waals surface area contributed by atoms with Gasteiger partial charge in [0.25, 0.3) is 5.91 Å². The topological polar surface area (TPSA) is 66.9 Å². The number of carbonyl (C=O) groups is 1. The minimum Gasteiger partial charge on any atom is -0.350 e. The highest BCUT2D eigenvalue weighted by atomic mass is 19.1. The number of para-hydroxylation sites is 1. The van der Waals surface area contributed by atoms with Crippen LogP contribution in [-0.2, 0) is 12.8 Å². The molecule has 0 aliphatic heterocycles. The van der Waals surface area contributed by atoms with E-state index in [4.69, 9.17) is 0 Å². The number of carbonyl (C=O) groups excluding carboxylic acids is 1. The smallest absolute Gasteiger partial charge is 0.270 e. The van der Waals surface area contributed by atoms with Gasteiger partial charge in [-0.3, -0.25) is 4.79 Å². The summed E-state index contributed by atoms with van der Waals surface area (Å²) in [4.78, 5) is 20.8. The van der Waals surface area contributed by atoms with E-state index >= 15 is 0 Å². The molecule has 0 fully saturated rings. The van der Waals surface area contributed by atoms with Crippen LogP contribution in [0.4, 0.5) is 16.0 Å². The maximum Gasteiger partial charge on any atom is 0.270 e. The average molecular weight is 364 g/mol. The fourth-order valence-corrected chi connectivity index (χ4v) is 2.72. The van der Waals surface area contributed by atoms with Gasteiger partial charge in [-0.25, -0.2) is 14.4 Å². The molecule has 1 aromatic heterocycles. The average Bonchev–Trinajstić information content (AvgIpc) is 2.70. The highest BCUT2D eigenvalue weighted by molar-refractivity contribution is 5.92. The lowest BCUT2D eigenvalue weighted by Gasteiger charge is -2.10. The largest absolute Gasteiger partial charge is 0.350 e. The second kappa shape index (κ2) is 8.89. The van der Waals surface area contributed by atoms with Crippen LogP contribution in [0.15, 0.2) is 60.8 Å². The predicted octanol–water partition coefficient (Wildman–Crippen LogP) is 3.89. The fourth-order valence-electron chi connectivity index (χ4n) is 2.72. The van der Waals surface area contributed by atoms with Crippen LogP contribution in [0.3, 0.4) is 0 Å². The number of amides is 1. The molecule has 2 N–H and O–H groups in total. The number of aromatic nitrogens is 2. The van der Waals surface area contributed by atoms with Crippen LogP contribution in [0, 0.1) is 5.82 Å². The maximum absolute atomic E-state index is 13.6. The van der Waals surface area contributed by atoms with Crippen LogP contribution in [0.2, 0.25) is 0 Å². The molecule has 138 valence electrons. The molecular weight excluding hydrogens is 343 g/mol. The zero-order valence-corrected chi connectivity index (χ0v) is 15.1. The van der Waals surface area contributed by atoms with Crippen LogP contribution < -0.4 is 10.6 Å². The van der Waals surface area contributed by atoms with Crippen molar-refractivity contribution in [3.63, 3.8) is 0 Å². The molecule has 0 radical (unpaired) electrons. The molecule has 1 amide bonds. The van der Waals surface area contributed by atoms with Gasteiger partial charge in [-0.1, -0.05) is 43.3 Å². The number of benzene rings is 2. The predicted molar refractivity (Wildman–Crippen MR) is 104 cm³/mol. The number of nitrogens with one attached hydrogen (secondary N) is 2. The van der Waals surface area contributed by atoms with Gasteiger partial charge in [0.05, 0.1) is 0 Å². The molecule has 0 bridgehead atoms. The molecule has 2 aromatic carbocycles.